The Labute approximate surface area is 72.4 Å². The lowest BCUT2D eigenvalue weighted by molar-refractivity contribution is -0.145. The molecule has 1 aliphatic rings. The number of carbonyl (C=O) groups is 1. The highest BCUT2D eigenvalue weighted by Crippen LogP contribution is 2.16. The molecule has 4 nitrogen and oxygen atoms in total. The molecule has 0 amide bonds. The fourth-order valence-electron chi connectivity index (χ4n) is 1.49. The van der Waals surface area contributed by atoms with Crippen LogP contribution < -0.4 is 0 Å². The van der Waals surface area contributed by atoms with E-state index in [9.17, 15) is 4.79 Å². The molecule has 1 rings (SSSR count). The fourth-order valence-corrected chi connectivity index (χ4v) is 1.49. The molecular formula is C8H15NO3. The summed E-state index contributed by atoms with van der Waals surface area (Å²) in [7, 11) is 3.09. The number of carbonyl (C=O) groups excluding carboxylic acids is 1. The van der Waals surface area contributed by atoms with E-state index in [0.29, 0.717) is 6.73 Å². The average Bonchev–Trinajstić information content (AvgIpc) is 2.52. The zero-order valence-electron chi connectivity index (χ0n) is 7.58. The highest BCUT2D eigenvalue weighted by Gasteiger charge is 2.28. The standard InChI is InChI=1S/C8H15NO3/c1-11-6-9-4-3-7(5-9)8(10)12-2/h7H,3-6H2,1-2H3. The smallest absolute Gasteiger partial charge is 0.310 e. The number of methoxy groups -OCH3 is 2. The summed E-state index contributed by atoms with van der Waals surface area (Å²) in [6.45, 7) is 2.29. The van der Waals surface area contributed by atoms with Crippen LogP contribution in [0, 0.1) is 5.92 Å². The summed E-state index contributed by atoms with van der Waals surface area (Å²) >= 11 is 0. The van der Waals surface area contributed by atoms with E-state index in [0.717, 1.165) is 19.5 Å². The summed E-state index contributed by atoms with van der Waals surface area (Å²) in [5.74, 6) is -0.0567. The van der Waals surface area contributed by atoms with E-state index >= 15 is 0 Å². The van der Waals surface area contributed by atoms with E-state index in [1.807, 2.05) is 0 Å². The van der Waals surface area contributed by atoms with Crippen molar-refractivity contribution in [1.82, 2.24) is 4.90 Å². The molecule has 1 atom stereocenters. The van der Waals surface area contributed by atoms with Crippen LogP contribution in [0.15, 0.2) is 0 Å². The second kappa shape index (κ2) is 4.42. The van der Waals surface area contributed by atoms with Crippen molar-refractivity contribution in [3.05, 3.63) is 0 Å². The highest BCUT2D eigenvalue weighted by molar-refractivity contribution is 5.72. The van der Waals surface area contributed by atoms with Crippen LogP contribution in [0.3, 0.4) is 0 Å². The second-order valence-electron chi connectivity index (χ2n) is 3.00. The number of hydrogen-bond donors (Lipinski definition) is 0. The van der Waals surface area contributed by atoms with Crippen LogP contribution in [-0.4, -0.2) is 44.9 Å². The van der Waals surface area contributed by atoms with Crippen molar-refractivity contribution in [2.75, 3.05) is 34.0 Å². The molecule has 0 aliphatic carbocycles. The predicted molar refractivity (Wildman–Crippen MR) is 43.6 cm³/mol. The van der Waals surface area contributed by atoms with Gasteiger partial charge in [-0.05, 0) is 6.42 Å². The molecule has 12 heavy (non-hydrogen) atoms. The summed E-state index contributed by atoms with van der Waals surface area (Å²) in [5, 5.41) is 0. The SMILES string of the molecule is COCN1CCC(C(=O)OC)C1. The van der Waals surface area contributed by atoms with Gasteiger partial charge in [-0.2, -0.15) is 0 Å². The molecule has 1 fully saturated rings. The van der Waals surface area contributed by atoms with Crippen LogP contribution in [-0.2, 0) is 14.3 Å². The number of esters is 1. The minimum atomic E-state index is -0.103. The second-order valence-corrected chi connectivity index (χ2v) is 3.00. The van der Waals surface area contributed by atoms with Gasteiger partial charge in [0.25, 0.3) is 0 Å². The topological polar surface area (TPSA) is 38.8 Å². The van der Waals surface area contributed by atoms with Crippen LogP contribution in [0.25, 0.3) is 0 Å². The van der Waals surface area contributed by atoms with E-state index < -0.39 is 0 Å². The molecule has 0 bridgehead atoms. The van der Waals surface area contributed by atoms with Gasteiger partial charge in [0.15, 0.2) is 0 Å². The van der Waals surface area contributed by atoms with Gasteiger partial charge < -0.3 is 9.47 Å². The Hall–Kier alpha value is -0.610. The van der Waals surface area contributed by atoms with Crippen LogP contribution in [0.2, 0.25) is 0 Å². The van der Waals surface area contributed by atoms with Crippen molar-refractivity contribution in [2.24, 2.45) is 5.92 Å². The maximum atomic E-state index is 11.1. The summed E-state index contributed by atoms with van der Waals surface area (Å²) in [6, 6.07) is 0. The summed E-state index contributed by atoms with van der Waals surface area (Å²) in [5.41, 5.74) is 0. The minimum absolute atomic E-state index is 0.0464. The van der Waals surface area contributed by atoms with E-state index in [2.05, 4.69) is 9.64 Å². The Morgan fingerprint density at radius 2 is 2.33 bits per heavy atom. The summed E-state index contributed by atoms with van der Waals surface area (Å²) in [6.07, 6.45) is 0.885. The lowest BCUT2D eigenvalue weighted by Crippen LogP contribution is -2.25. The number of likely N-dealkylation sites (tertiary alicyclic amines) is 1. The molecule has 70 valence electrons. The third kappa shape index (κ3) is 2.19. The largest absolute Gasteiger partial charge is 0.469 e. The van der Waals surface area contributed by atoms with Crippen LogP contribution in [0.5, 0.6) is 0 Å². The molecule has 0 radical (unpaired) electrons. The number of ether oxygens (including phenoxy) is 2. The van der Waals surface area contributed by atoms with Crippen LogP contribution in [0.1, 0.15) is 6.42 Å². The molecule has 1 aliphatic heterocycles. The highest BCUT2D eigenvalue weighted by atomic mass is 16.5. The Bertz CT molecular complexity index is 160. The number of nitrogens with zero attached hydrogens (tertiary/aromatic N) is 1. The van der Waals surface area contributed by atoms with Crippen LogP contribution >= 0.6 is 0 Å². The zero-order chi connectivity index (χ0) is 8.97. The first-order valence-electron chi connectivity index (χ1n) is 4.07. The first kappa shape index (κ1) is 9.48. The Morgan fingerprint density at radius 1 is 1.58 bits per heavy atom. The van der Waals surface area contributed by atoms with E-state index in [1.54, 1.807) is 7.11 Å². The van der Waals surface area contributed by atoms with E-state index in [4.69, 9.17) is 4.74 Å². The molecule has 0 aromatic rings. The molecule has 4 heteroatoms. The summed E-state index contributed by atoms with van der Waals surface area (Å²) < 4.78 is 9.62. The van der Waals surface area contributed by atoms with Gasteiger partial charge in [0.2, 0.25) is 0 Å². The van der Waals surface area contributed by atoms with Gasteiger partial charge in [-0.15, -0.1) is 0 Å². The lowest BCUT2D eigenvalue weighted by atomic mass is 10.1. The maximum Gasteiger partial charge on any atom is 0.310 e. The third-order valence-corrected chi connectivity index (χ3v) is 2.12. The summed E-state index contributed by atoms with van der Waals surface area (Å²) in [4.78, 5) is 13.2. The van der Waals surface area contributed by atoms with Gasteiger partial charge in [-0.25, -0.2) is 0 Å². The maximum absolute atomic E-state index is 11.1. The predicted octanol–water partition coefficient (Wildman–Crippen LogP) is 0.0852. The van der Waals surface area contributed by atoms with E-state index in [-0.39, 0.29) is 11.9 Å². The zero-order valence-corrected chi connectivity index (χ0v) is 7.58. The van der Waals surface area contributed by atoms with Crippen molar-refractivity contribution in [1.29, 1.82) is 0 Å². The average molecular weight is 173 g/mol. The van der Waals surface area contributed by atoms with Gasteiger partial charge in [-0.3, -0.25) is 9.69 Å². The Morgan fingerprint density at radius 3 is 2.92 bits per heavy atom. The molecule has 1 unspecified atom stereocenters. The van der Waals surface area contributed by atoms with Gasteiger partial charge in [-0.1, -0.05) is 0 Å². The monoisotopic (exact) mass is 173 g/mol. The quantitative estimate of drug-likeness (QED) is 0.567. The fraction of sp³-hybridized carbons (Fsp3) is 0.875. The molecular weight excluding hydrogens is 158 g/mol. The molecule has 1 heterocycles. The molecule has 1 saturated heterocycles. The van der Waals surface area contributed by atoms with Crippen molar-refractivity contribution in [2.45, 2.75) is 6.42 Å². The van der Waals surface area contributed by atoms with Gasteiger partial charge in [0.05, 0.1) is 19.8 Å². The van der Waals surface area contributed by atoms with Gasteiger partial charge in [0.1, 0.15) is 0 Å². The Balaban J connectivity index is 2.30. The molecule has 0 spiro atoms. The van der Waals surface area contributed by atoms with Crippen molar-refractivity contribution in [3.63, 3.8) is 0 Å². The van der Waals surface area contributed by atoms with Crippen molar-refractivity contribution < 1.29 is 14.3 Å². The van der Waals surface area contributed by atoms with Crippen molar-refractivity contribution in [3.8, 4) is 0 Å². The first-order valence-corrected chi connectivity index (χ1v) is 4.07. The van der Waals surface area contributed by atoms with Crippen molar-refractivity contribution >= 4 is 5.97 Å². The van der Waals surface area contributed by atoms with Gasteiger partial charge >= 0.3 is 5.97 Å². The van der Waals surface area contributed by atoms with Crippen LogP contribution in [0.4, 0.5) is 0 Å². The first-order chi connectivity index (χ1) is 5.77. The molecule has 0 saturated carbocycles. The minimum Gasteiger partial charge on any atom is -0.469 e. The lowest BCUT2D eigenvalue weighted by Gasteiger charge is -2.13. The number of rotatable bonds is 3. The Kier molecular flexibility index (Phi) is 3.49. The molecule has 0 aromatic heterocycles. The normalized spacial score (nSPS) is 24.3. The molecule has 0 N–H and O–H groups in total. The number of hydrogen-bond acceptors (Lipinski definition) is 4. The third-order valence-electron chi connectivity index (χ3n) is 2.12. The molecule has 0 aromatic carbocycles. The van der Waals surface area contributed by atoms with Gasteiger partial charge in [0, 0.05) is 20.2 Å². The van der Waals surface area contributed by atoms with E-state index in [1.165, 1.54) is 7.11 Å².